The lowest BCUT2D eigenvalue weighted by molar-refractivity contribution is 0.0986. The van der Waals surface area contributed by atoms with E-state index in [0.717, 1.165) is 36.0 Å². The van der Waals surface area contributed by atoms with Gasteiger partial charge in [0.05, 0.1) is 25.6 Å². The third-order valence-corrected chi connectivity index (χ3v) is 4.38. The molecule has 0 bridgehead atoms. The summed E-state index contributed by atoms with van der Waals surface area (Å²) < 4.78 is 7.60. The van der Waals surface area contributed by atoms with E-state index in [2.05, 4.69) is 31.3 Å². The highest BCUT2D eigenvalue weighted by Crippen LogP contribution is 2.33. The highest BCUT2D eigenvalue weighted by atomic mass is 35.5. The Morgan fingerprint density at radius 2 is 2.24 bits per heavy atom. The second-order valence-electron chi connectivity index (χ2n) is 5.95. The third-order valence-electron chi connectivity index (χ3n) is 4.21. The van der Waals surface area contributed by atoms with Gasteiger partial charge in [-0.15, -0.1) is 0 Å². The lowest BCUT2D eigenvalue weighted by Crippen LogP contribution is -2.44. The number of fused-ring (bicyclic) bond motifs is 1. The second-order valence-corrected chi connectivity index (χ2v) is 6.28. The molecule has 0 aromatic carbocycles. The summed E-state index contributed by atoms with van der Waals surface area (Å²) in [6.45, 7) is 5.31. The van der Waals surface area contributed by atoms with Gasteiger partial charge in [0.15, 0.2) is 17.0 Å². The molecule has 1 saturated carbocycles. The molecule has 2 fully saturated rings. The van der Waals surface area contributed by atoms with Gasteiger partial charge in [-0.25, -0.2) is 4.98 Å². The predicted octanol–water partition coefficient (Wildman–Crippen LogP) is 2.11. The van der Waals surface area contributed by atoms with Crippen LogP contribution in [0.4, 0.5) is 5.82 Å². The topological polar surface area (TPSA) is 56.1 Å². The van der Waals surface area contributed by atoms with Crippen LogP contribution in [0.1, 0.15) is 19.8 Å². The quantitative estimate of drug-likeness (QED) is 0.813. The molecule has 4 rings (SSSR count). The van der Waals surface area contributed by atoms with Crippen LogP contribution in [0.5, 0.6) is 0 Å². The van der Waals surface area contributed by atoms with Crippen LogP contribution in [0.2, 0.25) is 5.28 Å². The van der Waals surface area contributed by atoms with Crippen LogP contribution >= 0.6 is 11.6 Å². The number of imidazole rings is 1. The van der Waals surface area contributed by atoms with Crippen molar-refractivity contribution in [3.8, 4) is 0 Å². The van der Waals surface area contributed by atoms with Gasteiger partial charge in [-0.05, 0) is 37.3 Å². The molecule has 21 heavy (non-hydrogen) atoms. The number of aromatic nitrogens is 4. The maximum Gasteiger partial charge on any atom is 0.226 e. The van der Waals surface area contributed by atoms with Gasteiger partial charge in [0.25, 0.3) is 0 Å². The zero-order valence-corrected chi connectivity index (χ0v) is 12.8. The number of morpholine rings is 1. The number of hydrogen-bond donors (Lipinski definition) is 0. The molecule has 7 heteroatoms. The minimum absolute atomic E-state index is 0.265. The summed E-state index contributed by atoms with van der Waals surface area (Å²) in [4.78, 5) is 15.6. The van der Waals surface area contributed by atoms with Crippen molar-refractivity contribution in [2.75, 3.05) is 24.7 Å². The lowest BCUT2D eigenvalue weighted by Gasteiger charge is -2.34. The fraction of sp³-hybridized carbons (Fsp3) is 0.643. The van der Waals surface area contributed by atoms with Gasteiger partial charge < -0.3 is 14.2 Å². The first-order chi connectivity index (χ1) is 10.2. The van der Waals surface area contributed by atoms with Gasteiger partial charge >= 0.3 is 0 Å². The van der Waals surface area contributed by atoms with E-state index in [1.54, 1.807) is 0 Å². The summed E-state index contributed by atoms with van der Waals surface area (Å²) in [6.07, 6.45) is 4.46. The van der Waals surface area contributed by atoms with Crippen molar-refractivity contribution in [3.63, 3.8) is 0 Å². The molecule has 1 saturated heterocycles. The number of nitrogens with zero attached hydrogens (tertiary/aromatic N) is 5. The molecule has 0 spiro atoms. The molecule has 2 aromatic rings. The first kappa shape index (κ1) is 13.3. The maximum absolute atomic E-state index is 6.15. The number of hydrogen-bond acceptors (Lipinski definition) is 5. The normalized spacial score (nSPS) is 23.0. The highest BCUT2D eigenvalue weighted by molar-refractivity contribution is 6.28. The van der Waals surface area contributed by atoms with E-state index in [-0.39, 0.29) is 11.3 Å². The average molecular weight is 308 g/mol. The Labute approximate surface area is 128 Å². The van der Waals surface area contributed by atoms with Gasteiger partial charge in [-0.3, -0.25) is 0 Å². The summed E-state index contributed by atoms with van der Waals surface area (Å²) in [6, 6.07) is 0.265. The molecule has 112 valence electrons. The molecule has 2 aliphatic rings. The van der Waals surface area contributed by atoms with Crippen LogP contribution in [0, 0.1) is 5.92 Å². The molecule has 3 heterocycles. The minimum Gasteiger partial charge on any atom is -0.377 e. The molecule has 0 N–H and O–H groups in total. The van der Waals surface area contributed by atoms with Crippen molar-refractivity contribution in [1.82, 2.24) is 19.5 Å². The predicted molar refractivity (Wildman–Crippen MR) is 80.7 cm³/mol. The molecular weight excluding hydrogens is 290 g/mol. The largest absolute Gasteiger partial charge is 0.377 e. The summed E-state index contributed by atoms with van der Waals surface area (Å²) in [5.41, 5.74) is 1.68. The van der Waals surface area contributed by atoms with Crippen molar-refractivity contribution >= 4 is 28.6 Å². The zero-order chi connectivity index (χ0) is 14.4. The molecule has 0 radical (unpaired) electrons. The Morgan fingerprint density at radius 3 is 3.00 bits per heavy atom. The standard InChI is InChI=1S/C14H18ClN5O/c1-9-7-21-5-4-20(9)13-11-12(17-14(15)18-13)19(8-16-11)6-10-2-3-10/h8-10H,2-7H2,1H3/t9-/m0/s1. The van der Waals surface area contributed by atoms with E-state index in [9.17, 15) is 0 Å². The van der Waals surface area contributed by atoms with E-state index in [1.165, 1.54) is 12.8 Å². The summed E-state index contributed by atoms with van der Waals surface area (Å²) >= 11 is 6.15. The Morgan fingerprint density at radius 1 is 1.38 bits per heavy atom. The smallest absolute Gasteiger partial charge is 0.226 e. The van der Waals surface area contributed by atoms with Crippen molar-refractivity contribution in [1.29, 1.82) is 0 Å². The maximum atomic E-state index is 6.15. The molecule has 6 nitrogen and oxygen atoms in total. The average Bonchev–Trinajstić information content (AvgIpc) is 3.20. The summed E-state index contributed by atoms with van der Waals surface area (Å²) in [5, 5.41) is 0.286. The van der Waals surface area contributed by atoms with Gasteiger partial charge in [0.2, 0.25) is 5.28 Å². The van der Waals surface area contributed by atoms with E-state index in [0.29, 0.717) is 13.2 Å². The number of halogens is 1. The van der Waals surface area contributed by atoms with Crippen LogP contribution in [-0.2, 0) is 11.3 Å². The van der Waals surface area contributed by atoms with E-state index < -0.39 is 0 Å². The molecule has 2 aromatic heterocycles. The molecule has 1 atom stereocenters. The van der Waals surface area contributed by atoms with E-state index in [1.807, 2.05) is 6.33 Å². The van der Waals surface area contributed by atoms with Crippen molar-refractivity contribution < 1.29 is 4.74 Å². The Kier molecular flexibility index (Phi) is 3.23. The zero-order valence-electron chi connectivity index (χ0n) is 12.0. The SMILES string of the molecule is C[C@H]1COCCN1c1nc(Cl)nc2c1ncn2CC1CC1. The Balaban J connectivity index is 1.78. The first-order valence-electron chi connectivity index (χ1n) is 7.45. The monoisotopic (exact) mass is 307 g/mol. The van der Waals surface area contributed by atoms with E-state index in [4.69, 9.17) is 16.3 Å². The van der Waals surface area contributed by atoms with Gasteiger partial charge in [0, 0.05) is 13.1 Å². The summed E-state index contributed by atoms with van der Waals surface area (Å²) in [7, 11) is 0. The molecular formula is C14H18ClN5O. The third kappa shape index (κ3) is 2.46. The fourth-order valence-electron chi connectivity index (χ4n) is 2.86. The van der Waals surface area contributed by atoms with E-state index >= 15 is 0 Å². The molecule has 0 unspecified atom stereocenters. The van der Waals surface area contributed by atoms with Crippen LogP contribution in [-0.4, -0.2) is 45.3 Å². The van der Waals surface area contributed by atoms with Crippen LogP contribution in [0.3, 0.4) is 0 Å². The number of ether oxygens (including phenoxy) is 1. The van der Waals surface area contributed by atoms with Crippen LogP contribution in [0.25, 0.3) is 11.2 Å². The second kappa shape index (κ2) is 5.10. The minimum atomic E-state index is 0.265. The Hall–Kier alpha value is -1.40. The number of rotatable bonds is 3. The summed E-state index contributed by atoms with van der Waals surface area (Å²) in [5.74, 6) is 1.59. The Bertz CT molecular complexity index is 669. The molecule has 0 amide bonds. The van der Waals surface area contributed by atoms with Gasteiger partial charge in [-0.2, -0.15) is 9.97 Å². The van der Waals surface area contributed by atoms with Gasteiger partial charge in [-0.1, -0.05) is 0 Å². The molecule has 1 aliphatic heterocycles. The van der Waals surface area contributed by atoms with Crippen molar-refractivity contribution in [2.45, 2.75) is 32.4 Å². The van der Waals surface area contributed by atoms with Crippen molar-refractivity contribution in [3.05, 3.63) is 11.6 Å². The van der Waals surface area contributed by atoms with Crippen LogP contribution < -0.4 is 4.90 Å². The fourth-order valence-corrected chi connectivity index (χ4v) is 3.02. The first-order valence-corrected chi connectivity index (χ1v) is 7.83. The molecule has 1 aliphatic carbocycles. The van der Waals surface area contributed by atoms with Crippen LogP contribution in [0.15, 0.2) is 6.33 Å². The lowest BCUT2D eigenvalue weighted by atomic mass is 10.2. The highest BCUT2D eigenvalue weighted by Gasteiger charge is 2.27. The number of anilines is 1. The van der Waals surface area contributed by atoms with Crippen molar-refractivity contribution in [2.24, 2.45) is 5.92 Å². The van der Waals surface area contributed by atoms with Gasteiger partial charge in [0.1, 0.15) is 0 Å².